The zero-order valence-electron chi connectivity index (χ0n) is 10.5. The second-order valence-electron chi connectivity index (χ2n) is 5.03. The molecule has 1 saturated heterocycles. The van der Waals surface area contributed by atoms with E-state index in [1.165, 1.54) is 6.42 Å². The number of hydrogen-bond donors (Lipinski definition) is 2. The summed E-state index contributed by atoms with van der Waals surface area (Å²) in [5.74, 6) is 2.38. The predicted molar refractivity (Wildman–Crippen MR) is 70.4 cm³/mol. The molecule has 0 saturated carbocycles. The van der Waals surface area contributed by atoms with Crippen LogP contribution in [0.2, 0.25) is 0 Å². The van der Waals surface area contributed by atoms with Crippen LogP contribution in [0.3, 0.4) is 0 Å². The van der Waals surface area contributed by atoms with Gasteiger partial charge in [-0.3, -0.25) is 5.41 Å². The largest absolute Gasteiger partial charge is 0.384 e. The zero-order valence-corrected chi connectivity index (χ0v) is 10.5. The summed E-state index contributed by atoms with van der Waals surface area (Å²) in [5, 5.41) is 7.59. The molecule has 92 valence electrons. The lowest BCUT2D eigenvalue weighted by atomic mass is 9.95. The van der Waals surface area contributed by atoms with E-state index in [0.717, 1.165) is 30.4 Å². The van der Waals surface area contributed by atoms with Crippen LogP contribution < -0.4 is 10.6 Å². The number of nitrogens with two attached hydrogens (primary N) is 1. The van der Waals surface area contributed by atoms with Crippen molar-refractivity contribution in [2.45, 2.75) is 20.3 Å². The third-order valence-electron chi connectivity index (χ3n) is 3.54. The standard InChI is InChI=1S/C13H20N4/c1-9(2)10-5-7-17(8-10)13-11(12(14)15)4-3-6-16-13/h3-4,6,9-10H,5,7-8H2,1-2H3,(H3,14,15). The van der Waals surface area contributed by atoms with Crippen LogP contribution in [-0.4, -0.2) is 23.9 Å². The number of pyridine rings is 1. The Morgan fingerprint density at radius 2 is 2.35 bits per heavy atom. The highest BCUT2D eigenvalue weighted by molar-refractivity contribution is 5.99. The van der Waals surface area contributed by atoms with E-state index in [0.29, 0.717) is 5.92 Å². The third kappa shape index (κ3) is 2.40. The van der Waals surface area contributed by atoms with Crippen LogP contribution in [0.1, 0.15) is 25.8 Å². The molecule has 1 fully saturated rings. The number of nitrogens with zero attached hydrogens (tertiary/aromatic N) is 2. The van der Waals surface area contributed by atoms with E-state index in [4.69, 9.17) is 11.1 Å². The first-order chi connectivity index (χ1) is 8.09. The quantitative estimate of drug-likeness (QED) is 0.617. The molecule has 0 spiro atoms. The van der Waals surface area contributed by atoms with Crippen molar-refractivity contribution in [3.05, 3.63) is 23.9 Å². The van der Waals surface area contributed by atoms with E-state index in [1.54, 1.807) is 6.20 Å². The minimum atomic E-state index is 0.0982. The molecule has 1 aliphatic heterocycles. The van der Waals surface area contributed by atoms with Gasteiger partial charge in [-0.25, -0.2) is 4.98 Å². The van der Waals surface area contributed by atoms with Crippen LogP contribution in [0.4, 0.5) is 5.82 Å². The summed E-state index contributed by atoms with van der Waals surface area (Å²) in [5.41, 5.74) is 6.34. The lowest BCUT2D eigenvalue weighted by molar-refractivity contribution is 0.422. The molecule has 0 aliphatic carbocycles. The van der Waals surface area contributed by atoms with E-state index in [9.17, 15) is 0 Å². The van der Waals surface area contributed by atoms with Gasteiger partial charge in [-0.1, -0.05) is 13.8 Å². The normalized spacial score (nSPS) is 19.9. The van der Waals surface area contributed by atoms with Crippen LogP contribution in [0.5, 0.6) is 0 Å². The van der Waals surface area contributed by atoms with Crippen molar-refractivity contribution in [2.75, 3.05) is 18.0 Å². The second kappa shape index (κ2) is 4.73. The fraction of sp³-hybridized carbons (Fsp3) is 0.538. The maximum absolute atomic E-state index is 7.59. The van der Waals surface area contributed by atoms with Gasteiger partial charge >= 0.3 is 0 Å². The SMILES string of the molecule is CC(C)C1CCN(c2ncccc2C(=N)N)C1. The summed E-state index contributed by atoms with van der Waals surface area (Å²) in [6, 6.07) is 3.70. The predicted octanol–water partition coefficient (Wildman–Crippen LogP) is 1.85. The minimum absolute atomic E-state index is 0.0982. The zero-order chi connectivity index (χ0) is 12.4. The van der Waals surface area contributed by atoms with Gasteiger partial charge in [0.25, 0.3) is 0 Å². The van der Waals surface area contributed by atoms with Crippen LogP contribution in [0, 0.1) is 17.2 Å². The summed E-state index contributed by atoms with van der Waals surface area (Å²) >= 11 is 0. The third-order valence-corrected chi connectivity index (χ3v) is 3.54. The van der Waals surface area contributed by atoms with Crippen molar-refractivity contribution in [1.82, 2.24) is 4.98 Å². The molecule has 0 aromatic carbocycles. The molecule has 1 aromatic rings. The van der Waals surface area contributed by atoms with E-state index in [-0.39, 0.29) is 5.84 Å². The molecular weight excluding hydrogens is 212 g/mol. The van der Waals surface area contributed by atoms with Gasteiger partial charge in [0, 0.05) is 19.3 Å². The Morgan fingerprint density at radius 3 is 2.94 bits per heavy atom. The Balaban J connectivity index is 2.21. The molecule has 1 atom stereocenters. The summed E-state index contributed by atoms with van der Waals surface area (Å²) in [6.45, 7) is 6.56. The van der Waals surface area contributed by atoms with E-state index >= 15 is 0 Å². The van der Waals surface area contributed by atoms with E-state index in [1.807, 2.05) is 12.1 Å². The first-order valence-electron chi connectivity index (χ1n) is 6.14. The van der Waals surface area contributed by atoms with E-state index in [2.05, 4.69) is 23.7 Å². The highest BCUT2D eigenvalue weighted by Gasteiger charge is 2.27. The first kappa shape index (κ1) is 11.9. The summed E-state index contributed by atoms with van der Waals surface area (Å²) in [6.07, 6.45) is 2.97. The van der Waals surface area contributed by atoms with Crippen molar-refractivity contribution in [2.24, 2.45) is 17.6 Å². The molecule has 1 aliphatic rings. The van der Waals surface area contributed by atoms with Gasteiger partial charge in [0.2, 0.25) is 0 Å². The van der Waals surface area contributed by atoms with Crippen molar-refractivity contribution < 1.29 is 0 Å². The molecule has 3 N–H and O–H groups in total. The number of anilines is 1. The lowest BCUT2D eigenvalue weighted by Gasteiger charge is -2.21. The fourth-order valence-electron chi connectivity index (χ4n) is 2.38. The van der Waals surface area contributed by atoms with Gasteiger partial charge < -0.3 is 10.6 Å². The fourth-order valence-corrected chi connectivity index (χ4v) is 2.38. The number of aromatic nitrogens is 1. The Bertz CT molecular complexity index is 414. The minimum Gasteiger partial charge on any atom is -0.384 e. The van der Waals surface area contributed by atoms with Gasteiger partial charge in [-0.15, -0.1) is 0 Å². The van der Waals surface area contributed by atoms with Gasteiger partial charge in [-0.2, -0.15) is 0 Å². The number of nitrogens with one attached hydrogen (secondary N) is 1. The van der Waals surface area contributed by atoms with Gasteiger partial charge in [0.1, 0.15) is 11.7 Å². The van der Waals surface area contributed by atoms with Gasteiger partial charge in [0.15, 0.2) is 0 Å². The number of amidine groups is 1. The highest BCUT2D eigenvalue weighted by atomic mass is 15.2. The Labute approximate surface area is 102 Å². The molecule has 0 bridgehead atoms. The maximum Gasteiger partial charge on any atom is 0.139 e. The molecular formula is C13H20N4. The Hall–Kier alpha value is -1.58. The Kier molecular flexibility index (Phi) is 3.31. The lowest BCUT2D eigenvalue weighted by Crippen LogP contribution is -2.26. The topological polar surface area (TPSA) is 66.0 Å². The smallest absolute Gasteiger partial charge is 0.139 e. The molecule has 0 amide bonds. The van der Waals surface area contributed by atoms with Crippen LogP contribution in [-0.2, 0) is 0 Å². The van der Waals surface area contributed by atoms with Crippen molar-refractivity contribution in [1.29, 1.82) is 5.41 Å². The molecule has 1 aromatic heterocycles. The first-order valence-corrected chi connectivity index (χ1v) is 6.14. The van der Waals surface area contributed by atoms with E-state index < -0.39 is 0 Å². The molecule has 2 heterocycles. The number of hydrogen-bond acceptors (Lipinski definition) is 3. The Morgan fingerprint density at radius 1 is 1.59 bits per heavy atom. The van der Waals surface area contributed by atoms with Gasteiger partial charge in [0.05, 0.1) is 5.56 Å². The van der Waals surface area contributed by atoms with Crippen LogP contribution in [0.15, 0.2) is 18.3 Å². The molecule has 17 heavy (non-hydrogen) atoms. The number of rotatable bonds is 3. The average Bonchev–Trinajstić information content (AvgIpc) is 2.78. The monoisotopic (exact) mass is 232 g/mol. The molecule has 0 radical (unpaired) electrons. The van der Waals surface area contributed by atoms with Crippen molar-refractivity contribution in [3.63, 3.8) is 0 Å². The molecule has 4 nitrogen and oxygen atoms in total. The molecule has 4 heteroatoms. The summed E-state index contributed by atoms with van der Waals surface area (Å²) < 4.78 is 0. The molecule has 1 unspecified atom stereocenters. The average molecular weight is 232 g/mol. The van der Waals surface area contributed by atoms with Crippen molar-refractivity contribution >= 4 is 11.7 Å². The van der Waals surface area contributed by atoms with Crippen LogP contribution >= 0.6 is 0 Å². The highest BCUT2D eigenvalue weighted by Crippen LogP contribution is 2.28. The number of nitrogen functional groups attached to an aromatic ring is 1. The van der Waals surface area contributed by atoms with Crippen LogP contribution in [0.25, 0.3) is 0 Å². The van der Waals surface area contributed by atoms with Crippen molar-refractivity contribution in [3.8, 4) is 0 Å². The summed E-state index contributed by atoms with van der Waals surface area (Å²) in [4.78, 5) is 6.63. The van der Waals surface area contributed by atoms with Gasteiger partial charge in [-0.05, 0) is 30.4 Å². The second-order valence-corrected chi connectivity index (χ2v) is 5.03. The summed E-state index contributed by atoms with van der Waals surface area (Å²) in [7, 11) is 0. The maximum atomic E-state index is 7.59. The molecule has 2 rings (SSSR count).